The van der Waals surface area contributed by atoms with Crippen molar-refractivity contribution >= 4 is 34.8 Å². The van der Waals surface area contributed by atoms with E-state index >= 15 is 0 Å². The number of para-hydroxylation sites is 1. The highest BCUT2D eigenvalue weighted by atomic mass is 35.5. The number of nitrogens with one attached hydrogen (secondary N) is 2. The Hall–Kier alpha value is -1.62. The van der Waals surface area contributed by atoms with Gasteiger partial charge in [0.05, 0.1) is 22.3 Å². The first-order valence-electron chi connectivity index (χ1n) is 7.61. The molecule has 1 amide bonds. The van der Waals surface area contributed by atoms with Crippen molar-refractivity contribution in [2.75, 3.05) is 11.9 Å². The lowest BCUT2D eigenvalue weighted by molar-refractivity contribution is -0.115. The standard InChI is InChI=1S/C18H19Cl2FN2O/c1-11(2)17(12-6-8-13(21)9-7-12)22-10-16(24)23-18-14(19)4-3-5-15(18)20/h3-9,11,17,22H,10H2,1-2H3,(H,23,24)/t17-/m1/s1. The maximum Gasteiger partial charge on any atom is 0.238 e. The molecule has 0 fully saturated rings. The monoisotopic (exact) mass is 368 g/mol. The molecular weight excluding hydrogens is 350 g/mol. The lowest BCUT2D eigenvalue weighted by atomic mass is 9.96. The van der Waals surface area contributed by atoms with Crippen molar-refractivity contribution in [2.45, 2.75) is 19.9 Å². The van der Waals surface area contributed by atoms with Crippen LogP contribution in [0.25, 0.3) is 0 Å². The van der Waals surface area contributed by atoms with Gasteiger partial charge in [-0.3, -0.25) is 4.79 Å². The van der Waals surface area contributed by atoms with Gasteiger partial charge in [-0.15, -0.1) is 0 Å². The van der Waals surface area contributed by atoms with Gasteiger partial charge in [0.25, 0.3) is 0 Å². The van der Waals surface area contributed by atoms with Gasteiger partial charge in [-0.1, -0.05) is 55.2 Å². The molecule has 0 saturated carbocycles. The molecule has 0 spiro atoms. The van der Waals surface area contributed by atoms with E-state index in [4.69, 9.17) is 23.2 Å². The lowest BCUT2D eigenvalue weighted by Gasteiger charge is -2.23. The SMILES string of the molecule is CC(C)[C@@H](NCC(=O)Nc1c(Cl)cccc1Cl)c1ccc(F)cc1. The van der Waals surface area contributed by atoms with Crippen LogP contribution in [0.4, 0.5) is 10.1 Å². The van der Waals surface area contributed by atoms with E-state index in [9.17, 15) is 9.18 Å². The first-order chi connectivity index (χ1) is 11.4. The van der Waals surface area contributed by atoms with Crippen LogP contribution in [0, 0.1) is 11.7 Å². The van der Waals surface area contributed by atoms with Crippen LogP contribution in [-0.2, 0) is 4.79 Å². The smallest absolute Gasteiger partial charge is 0.238 e. The average molecular weight is 369 g/mol. The first kappa shape index (κ1) is 18.7. The zero-order valence-electron chi connectivity index (χ0n) is 13.4. The van der Waals surface area contributed by atoms with E-state index in [2.05, 4.69) is 10.6 Å². The number of carbonyl (C=O) groups excluding carboxylic acids is 1. The summed E-state index contributed by atoms with van der Waals surface area (Å²) >= 11 is 12.1. The topological polar surface area (TPSA) is 41.1 Å². The molecule has 24 heavy (non-hydrogen) atoms. The van der Waals surface area contributed by atoms with Crippen LogP contribution in [0.1, 0.15) is 25.5 Å². The van der Waals surface area contributed by atoms with E-state index < -0.39 is 0 Å². The predicted octanol–water partition coefficient (Wildman–Crippen LogP) is 5.06. The molecule has 0 aliphatic heterocycles. The second-order valence-electron chi connectivity index (χ2n) is 5.80. The van der Waals surface area contributed by atoms with Gasteiger partial charge in [0.2, 0.25) is 5.91 Å². The fourth-order valence-electron chi connectivity index (χ4n) is 2.41. The normalized spacial score (nSPS) is 12.2. The van der Waals surface area contributed by atoms with Crippen LogP contribution in [-0.4, -0.2) is 12.5 Å². The Labute approximate surface area is 151 Å². The molecule has 0 unspecified atom stereocenters. The summed E-state index contributed by atoms with van der Waals surface area (Å²) in [4.78, 5) is 12.2. The molecule has 0 bridgehead atoms. The highest BCUT2D eigenvalue weighted by Gasteiger charge is 2.17. The quantitative estimate of drug-likeness (QED) is 0.748. The third kappa shape index (κ3) is 4.94. The fraction of sp³-hybridized carbons (Fsp3) is 0.278. The minimum absolute atomic E-state index is 0.0712. The number of amides is 1. The summed E-state index contributed by atoms with van der Waals surface area (Å²) in [5.41, 5.74) is 1.32. The molecule has 0 aliphatic carbocycles. The number of carbonyl (C=O) groups is 1. The molecule has 3 nitrogen and oxygen atoms in total. The number of rotatable bonds is 6. The highest BCUT2D eigenvalue weighted by molar-refractivity contribution is 6.39. The molecular formula is C18H19Cl2FN2O. The molecule has 0 aliphatic rings. The second kappa shape index (κ2) is 8.47. The van der Waals surface area contributed by atoms with Crippen LogP contribution in [0.5, 0.6) is 0 Å². The predicted molar refractivity (Wildman–Crippen MR) is 97.1 cm³/mol. The Morgan fingerprint density at radius 1 is 1.08 bits per heavy atom. The molecule has 2 aromatic carbocycles. The summed E-state index contributed by atoms with van der Waals surface area (Å²) in [5, 5.41) is 6.67. The largest absolute Gasteiger partial charge is 0.322 e. The molecule has 2 N–H and O–H groups in total. The number of benzene rings is 2. The number of hydrogen-bond acceptors (Lipinski definition) is 2. The zero-order chi connectivity index (χ0) is 17.7. The molecule has 2 aromatic rings. The Morgan fingerprint density at radius 2 is 1.67 bits per heavy atom. The third-order valence-corrected chi connectivity index (χ3v) is 4.24. The van der Waals surface area contributed by atoms with Crippen LogP contribution in [0.2, 0.25) is 10.0 Å². The molecule has 0 radical (unpaired) electrons. The highest BCUT2D eigenvalue weighted by Crippen LogP contribution is 2.29. The maximum atomic E-state index is 13.1. The van der Waals surface area contributed by atoms with Gasteiger partial charge in [-0.25, -0.2) is 4.39 Å². The maximum absolute atomic E-state index is 13.1. The molecule has 2 rings (SSSR count). The van der Waals surface area contributed by atoms with E-state index in [1.54, 1.807) is 30.3 Å². The minimum Gasteiger partial charge on any atom is -0.322 e. The number of hydrogen-bond donors (Lipinski definition) is 2. The molecule has 0 heterocycles. The minimum atomic E-state index is -0.285. The Balaban J connectivity index is 2.01. The van der Waals surface area contributed by atoms with Crippen LogP contribution in [0.15, 0.2) is 42.5 Å². The summed E-state index contributed by atoms with van der Waals surface area (Å²) in [6.07, 6.45) is 0. The van der Waals surface area contributed by atoms with Crippen molar-refractivity contribution in [3.8, 4) is 0 Å². The second-order valence-corrected chi connectivity index (χ2v) is 6.61. The van der Waals surface area contributed by atoms with E-state index in [-0.39, 0.29) is 30.2 Å². The summed E-state index contributed by atoms with van der Waals surface area (Å²) in [6, 6.07) is 11.2. The van der Waals surface area contributed by atoms with Crippen molar-refractivity contribution in [1.29, 1.82) is 0 Å². The van der Waals surface area contributed by atoms with Gasteiger partial charge in [0, 0.05) is 6.04 Å². The molecule has 6 heteroatoms. The van der Waals surface area contributed by atoms with Crippen molar-refractivity contribution in [3.05, 3.63) is 63.9 Å². The third-order valence-electron chi connectivity index (χ3n) is 3.61. The van der Waals surface area contributed by atoms with Crippen molar-refractivity contribution < 1.29 is 9.18 Å². The molecule has 0 saturated heterocycles. The van der Waals surface area contributed by atoms with E-state index in [0.29, 0.717) is 15.7 Å². The van der Waals surface area contributed by atoms with Gasteiger partial charge in [-0.05, 0) is 35.7 Å². The van der Waals surface area contributed by atoms with Gasteiger partial charge >= 0.3 is 0 Å². The van der Waals surface area contributed by atoms with E-state index in [1.165, 1.54) is 12.1 Å². The van der Waals surface area contributed by atoms with Crippen LogP contribution in [0.3, 0.4) is 0 Å². The summed E-state index contributed by atoms with van der Waals surface area (Å²) < 4.78 is 13.1. The summed E-state index contributed by atoms with van der Waals surface area (Å²) in [7, 11) is 0. The summed E-state index contributed by atoms with van der Waals surface area (Å²) in [6.45, 7) is 4.15. The first-order valence-corrected chi connectivity index (χ1v) is 8.36. The zero-order valence-corrected chi connectivity index (χ0v) is 15.0. The molecule has 0 aromatic heterocycles. The lowest BCUT2D eigenvalue weighted by Crippen LogP contribution is -2.33. The molecule has 128 valence electrons. The molecule has 1 atom stereocenters. The Bertz CT molecular complexity index is 684. The van der Waals surface area contributed by atoms with Gasteiger partial charge in [0.15, 0.2) is 0 Å². The van der Waals surface area contributed by atoms with Crippen molar-refractivity contribution in [3.63, 3.8) is 0 Å². The van der Waals surface area contributed by atoms with E-state index in [1.807, 2.05) is 13.8 Å². The van der Waals surface area contributed by atoms with E-state index in [0.717, 1.165) is 5.56 Å². The Kier molecular flexibility index (Phi) is 6.60. The van der Waals surface area contributed by atoms with Crippen LogP contribution < -0.4 is 10.6 Å². The van der Waals surface area contributed by atoms with Gasteiger partial charge < -0.3 is 10.6 Å². The number of anilines is 1. The average Bonchev–Trinajstić information content (AvgIpc) is 2.52. The van der Waals surface area contributed by atoms with Crippen LogP contribution >= 0.6 is 23.2 Å². The van der Waals surface area contributed by atoms with Gasteiger partial charge in [0.1, 0.15) is 5.82 Å². The number of halogens is 3. The Morgan fingerprint density at radius 3 is 2.21 bits per heavy atom. The fourth-order valence-corrected chi connectivity index (χ4v) is 2.90. The summed E-state index contributed by atoms with van der Waals surface area (Å²) in [5.74, 6) is -0.308. The van der Waals surface area contributed by atoms with Crippen molar-refractivity contribution in [1.82, 2.24) is 5.32 Å². The van der Waals surface area contributed by atoms with Crippen molar-refractivity contribution in [2.24, 2.45) is 5.92 Å². The van der Waals surface area contributed by atoms with Gasteiger partial charge in [-0.2, -0.15) is 0 Å².